The molecule has 0 aliphatic carbocycles. The fourth-order valence-corrected chi connectivity index (χ4v) is 4.48. The number of hydrogen-bond donors (Lipinski definition) is 0. The van der Waals surface area contributed by atoms with Crippen LogP contribution in [0.4, 0.5) is 0 Å². The van der Waals surface area contributed by atoms with E-state index in [1.165, 1.54) is 22.3 Å². The van der Waals surface area contributed by atoms with Gasteiger partial charge in [0.15, 0.2) is 0 Å². The predicted octanol–water partition coefficient (Wildman–Crippen LogP) is 4.13. The van der Waals surface area contributed by atoms with Gasteiger partial charge in [0.1, 0.15) is 5.72 Å². The predicted molar refractivity (Wildman–Crippen MR) is 106 cm³/mol. The van der Waals surface area contributed by atoms with E-state index in [0.717, 1.165) is 52.2 Å². The van der Waals surface area contributed by atoms with Crippen molar-refractivity contribution in [2.24, 2.45) is 0 Å². The highest BCUT2D eigenvalue weighted by molar-refractivity contribution is 5.23. The lowest BCUT2D eigenvalue weighted by molar-refractivity contribution is -0.123. The van der Waals surface area contributed by atoms with Crippen molar-refractivity contribution >= 4 is 0 Å². The van der Waals surface area contributed by atoms with Crippen LogP contribution in [0, 0.1) is 13.8 Å². The Kier molecular flexibility index (Phi) is 5.12. The summed E-state index contributed by atoms with van der Waals surface area (Å²) in [6.07, 6.45) is 2.20. The van der Waals surface area contributed by atoms with Crippen molar-refractivity contribution in [2.75, 3.05) is 26.2 Å². The number of likely N-dealkylation sites (tertiary alicyclic amines) is 1. The van der Waals surface area contributed by atoms with Crippen molar-refractivity contribution < 1.29 is 4.74 Å². The van der Waals surface area contributed by atoms with Crippen LogP contribution < -0.4 is 0 Å². The second kappa shape index (κ2) is 7.51. The number of nitrogens with zero attached hydrogens (tertiary/aromatic N) is 2. The molecular weight excluding hydrogens is 320 g/mol. The topological polar surface area (TPSA) is 15.7 Å². The van der Waals surface area contributed by atoms with E-state index < -0.39 is 0 Å². The Balaban J connectivity index is 1.38. The molecule has 0 radical (unpaired) electrons. The van der Waals surface area contributed by atoms with Gasteiger partial charge in [-0.3, -0.25) is 9.80 Å². The summed E-state index contributed by atoms with van der Waals surface area (Å²) >= 11 is 0. The van der Waals surface area contributed by atoms with Gasteiger partial charge >= 0.3 is 0 Å². The third-order valence-electron chi connectivity index (χ3n) is 5.89. The minimum absolute atomic E-state index is 0.0488. The van der Waals surface area contributed by atoms with Gasteiger partial charge in [-0.05, 0) is 25.0 Å². The lowest BCUT2D eigenvalue weighted by Crippen LogP contribution is -2.52. The number of rotatable bonds is 4. The smallest absolute Gasteiger partial charge is 0.124 e. The van der Waals surface area contributed by atoms with E-state index in [0.29, 0.717) is 0 Å². The van der Waals surface area contributed by atoms with Gasteiger partial charge in [0, 0.05) is 45.6 Å². The molecule has 1 spiro atoms. The Morgan fingerprint density at radius 3 is 2.08 bits per heavy atom. The second-order valence-electron chi connectivity index (χ2n) is 7.97. The molecular formula is C23H30N2O. The van der Waals surface area contributed by atoms with Gasteiger partial charge in [-0.15, -0.1) is 0 Å². The van der Waals surface area contributed by atoms with Gasteiger partial charge < -0.3 is 4.74 Å². The quantitative estimate of drug-likeness (QED) is 0.825. The molecule has 2 aromatic rings. The number of ether oxygens (including phenoxy) is 1. The molecule has 0 unspecified atom stereocenters. The molecule has 2 aliphatic heterocycles. The van der Waals surface area contributed by atoms with Crippen LogP contribution in [0.1, 0.15) is 35.1 Å². The van der Waals surface area contributed by atoms with Crippen LogP contribution in [0.3, 0.4) is 0 Å². The molecule has 0 saturated carbocycles. The molecule has 0 aromatic heterocycles. The Hall–Kier alpha value is -1.68. The number of aryl methyl sites for hydroxylation is 2. The summed E-state index contributed by atoms with van der Waals surface area (Å²) in [4.78, 5) is 5.15. The first-order valence-electron chi connectivity index (χ1n) is 9.85. The Labute approximate surface area is 157 Å². The summed E-state index contributed by atoms with van der Waals surface area (Å²) in [7, 11) is 0. The van der Waals surface area contributed by atoms with Crippen LogP contribution >= 0.6 is 0 Å². The molecule has 0 amide bonds. The Morgan fingerprint density at radius 1 is 0.846 bits per heavy atom. The van der Waals surface area contributed by atoms with E-state index in [-0.39, 0.29) is 5.72 Å². The zero-order valence-electron chi connectivity index (χ0n) is 16.1. The molecule has 138 valence electrons. The van der Waals surface area contributed by atoms with Crippen LogP contribution in [-0.4, -0.2) is 41.8 Å². The minimum Gasteiger partial charge on any atom is -0.359 e. The highest BCUT2D eigenvalue weighted by atomic mass is 16.5. The maximum absolute atomic E-state index is 6.31. The van der Waals surface area contributed by atoms with Crippen LogP contribution in [-0.2, 0) is 17.8 Å². The third-order valence-corrected chi connectivity index (χ3v) is 5.89. The van der Waals surface area contributed by atoms with Gasteiger partial charge in [0.25, 0.3) is 0 Å². The third kappa shape index (κ3) is 3.85. The largest absolute Gasteiger partial charge is 0.359 e. The molecule has 2 fully saturated rings. The molecule has 26 heavy (non-hydrogen) atoms. The average molecular weight is 351 g/mol. The van der Waals surface area contributed by atoms with Crippen LogP contribution in [0.5, 0.6) is 0 Å². The van der Waals surface area contributed by atoms with Gasteiger partial charge in [-0.25, -0.2) is 0 Å². The number of hydrogen-bond acceptors (Lipinski definition) is 3. The highest BCUT2D eigenvalue weighted by Crippen LogP contribution is 2.35. The monoisotopic (exact) mass is 350 g/mol. The van der Waals surface area contributed by atoms with E-state index in [4.69, 9.17) is 4.74 Å². The molecule has 0 N–H and O–H groups in total. The maximum atomic E-state index is 6.31. The summed E-state index contributed by atoms with van der Waals surface area (Å²) in [5.74, 6) is 0. The summed E-state index contributed by atoms with van der Waals surface area (Å²) in [5.41, 5.74) is 5.46. The summed E-state index contributed by atoms with van der Waals surface area (Å²) in [5, 5.41) is 0. The van der Waals surface area contributed by atoms with E-state index in [1.54, 1.807) is 0 Å². The fourth-order valence-electron chi connectivity index (χ4n) is 4.48. The fraction of sp³-hybridized carbons (Fsp3) is 0.478. The van der Waals surface area contributed by atoms with E-state index in [9.17, 15) is 0 Å². The van der Waals surface area contributed by atoms with Crippen LogP contribution in [0.25, 0.3) is 0 Å². The number of benzene rings is 2. The molecule has 4 rings (SSSR count). The normalized spacial score (nSPS) is 20.7. The SMILES string of the molecule is Cc1cccc(CN2CCC3(CC2)OCCN3Cc2cccc(C)c2)c1. The van der Waals surface area contributed by atoms with Crippen molar-refractivity contribution in [1.29, 1.82) is 0 Å². The average Bonchev–Trinajstić information content (AvgIpc) is 2.99. The molecule has 2 aromatic carbocycles. The zero-order chi connectivity index (χ0) is 18.0. The van der Waals surface area contributed by atoms with E-state index >= 15 is 0 Å². The van der Waals surface area contributed by atoms with Crippen molar-refractivity contribution in [3.8, 4) is 0 Å². The van der Waals surface area contributed by atoms with Gasteiger partial charge in [0.05, 0.1) is 6.61 Å². The van der Waals surface area contributed by atoms with Crippen molar-refractivity contribution in [2.45, 2.75) is 45.5 Å². The molecule has 0 atom stereocenters. The molecule has 2 heterocycles. The lowest BCUT2D eigenvalue weighted by Gasteiger charge is -2.43. The van der Waals surface area contributed by atoms with Crippen molar-refractivity contribution in [3.63, 3.8) is 0 Å². The maximum Gasteiger partial charge on any atom is 0.124 e. The minimum atomic E-state index is -0.0488. The Bertz CT molecular complexity index is 749. The van der Waals surface area contributed by atoms with Crippen molar-refractivity contribution in [3.05, 3.63) is 70.8 Å². The standard InChI is InChI=1S/C23H30N2O/c1-19-5-3-7-21(15-19)17-24-11-9-23(10-12-24)25(13-14-26-23)18-22-8-4-6-20(2)16-22/h3-8,15-16H,9-14,17-18H2,1-2H3. The first-order valence-corrected chi connectivity index (χ1v) is 9.85. The molecule has 3 heteroatoms. The lowest BCUT2D eigenvalue weighted by atomic mass is 9.97. The molecule has 2 aliphatic rings. The van der Waals surface area contributed by atoms with Crippen molar-refractivity contribution in [1.82, 2.24) is 9.80 Å². The van der Waals surface area contributed by atoms with Crippen LogP contribution in [0.15, 0.2) is 48.5 Å². The van der Waals surface area contributed by atoms with Crippen LogP contribution in [0.2, 0.25) is 0 Å². The van der Waals surface area contributed by atoms with Gasteiger partial charge in [-0.2, -0.15) is 0 Å². The molecule has 0 bridgehead atoms. The van der Waals surface area contributed by atoms with Gasteiger partial charge in [-0.1, -0.05) is 59.7 Å². The molecule has 3 nitrogen and oxygen atoms in total. The second-order valence-corrected chi connectivity index (χ2v) is 7.97. The van der Waals surface area contributed by atoms with E-state index in [2.05, 4.69) is 72.2 Å². The Morgan fingerprint density at radius 2 is 1.46 bits per heavy atom. The first-order chi connectivity index (χ1) is 12.6. The summed E-state index contributed by atoms with van der Waals surface area (Å²) < 4.78 is 6.31. The highest BCUT2D eigenvalue weighted by Gasteiger charge is 2.44. The zero-order valence-corrected chi connectivity index (χ0v) is 16.1. The summed E-state index contributed by atoms with van der Waals surface area (Å²) in [6, 6.07) is 17.8. The summed E-state index contributed by atoms with van der Waals surface area (Å²) in [6.45, 7) is 10.5. The van der Waals surface area contributed by atoms with E-state index in [1.807, 2.05) is 0 Å². The molecule has 2 saturated heterocycles. The number of piperidine rings is 1. The first kappa shape index (κ1) is 17.7. The van der Waals surface area contributed by atoms with Gasteiger partial charge in [0.2, 0.25) is 0 Å².